The Morgan fingerprint density at radius 1 is 1.24 bits per heavy atom. The zero-order valence-electron chi connectivity index (χ0n) is 14.2. The standard InChI is InChI=1S/C18H31N3/c1-14-11-21(13-17(14)20(4)5)12-15(2)18(19-3)16-9-7-6-8-10-16/h6-10,14-15,17-19H,11-13H2,1-5H3. The van der Waals surface area contributed by atoms with Gasteiger partial charge in [0.15, 0.2) is 0 Å². The van der Waals surface area contributed by atoms with Crippen molar-refractivity contribution in [3.05, 3.63) is 35.9 Å². The molecule has 1 heterocycles. The summed E-state index contributed by atoms with van der Waals surface area (Å²) in [6.07, 6.45) is 0. The second-order valence-electron chi connectivity index (χ2n) is 6.88. The molecule has 0 radical (unpaired) electrons. The van der Waals surface area contributed by atoms with Crippen molar-refractivity contribution < 1.29 is 0 Å². The molecular weight excluding hydrogens is 258 g/mol. The Bertz CT molecular complexity index is 418. The van der Waals surface area contributed by atoms with Gasteiger partial charge < -0.3 is 15.1 Å². The van der Waals surface area contributed by atoms with Crippen LogP contribution in [0.1, 0.15) is 25.5 Å². The molecule has 0 bridgehead atoms. The van der Waals surface area contributed by atoms with Crippen LogP contribution in [0.15, 0.2) is 30.3 Å². The van der Waals surface area contributed by atoms with Crippen LogP contribution in [0.25, 0.3) is 0 Å². The number of hydrogen-bond donors (Lipinski definition) is 1. The maximum Gasteiger partial charge on any atom is 0.0355 e. The Balaban J connectivity index is 1.96. The van der Waals surface area contributed by atoms with Gasteiger partial charge in [0.05, 0.1) is 0 Å². The van der Waals surface area contributed by atoms with Crippen molar-refractivity contribution in [2.24, 2.45) is 11.8 Å². The first kappa shape index (κ1) is 16.5. The molecule has 1 saturated heterocycles. The lowest BCUT2D eigenvalue weighted by Crippen LogP contribution is -2.36. The second kappa shape index (κ2) is 7.39. The fraction of sp³-hybridized carbons (Fsp3) is 0.667. The summed E-state index contributed by atoms with van der Waals surface area (Å²) in [5.41, 5.74) is 1.39. The summed E-state index contributed by atoms with van der Waals surface area (Å²) in [6.45, 7) is 8.32. The molecule has 1 aromatic rings. The molecule has 0 aliphatic carbocycles. The summed E-state index contributed by atoms with van der Waals surface area (Å²) < 4.78 is 0. The van der Waals surface area contributed by atoms with E-state index in [1.807, 2.05) is 0 Å². The molecule has 2 rings (SSSR count). The first-order valence-electron chi connectivity index (χ1n) is 8.14. The van der Waals surface area contributed by atoms with Crippen molar-refractivity contribution >= 4 is 0 Å². The van der Waals surface area contributed by atoms with Crippen molar-refractivity contribution in [1.29, 1.82) is 0 Å². The molecule has 3 nitrogen and oxygen atoms in total. The monoisotopic (exact) mass is 289 g/mol. The topological polar surface area (TPSA) is 18.5 Å². The van der Waals surface area contributed by atoms with Gasteiger partial charge in [-0.15, -0.1) is 0 Å². The number of likely N-dealkylation sites (tertiary alicyclic amines) is 1. The zero-order chi connectivity index (χ0) is 15.4. The largest absolute Gasteiger partial charge is 0.313 e. The molecule has 1 fully saturated rings. The van der Waals surface area contributed by atoms with Crippen LogP contribution in [-0.4, -0.2) is 56.6 Å². The Morgan fingerprint density at radius 3 is 2.43 bits per heavy atom. The number of nitrogens with zero attached hydrogens (tertiary/aromatic N) is 2. The van der Waals surface area contributed by atoms with Gasteiger partial charge in [0.25, 0.3) is 0 Å². The summed E-state index contributed by atoms with van der Waals surface area (Å²) >= 11 is 0. The van der Waals surface area contributed by atoms with Gasteiger partial charge in [-0.3, -0.25) is 0 Å². The molecule has 3 heteroatoms. The van der Waals surface area contributed by atoms with E-state index in [0.717, 1.165) is 12.5 Å². The highest BCUT2D eigenvalue weighted by molar-refractivity contribution is 5.19. The van der Waals surface area contributed by atoms with Crippen LogP contribution in [0.4, 0.5) is 0 Å². The van der Waals surface area contributed by atoms with Gasteiger partial charge in [-0.05, 0) is 38.5 Å². The van der Waals surface area contributed by atoms with Gasteiger partial charge >= 0.3 is 0 Å². The van der Waals surface area contributed by atoms with E-state index in [1.54, 1.807) is 0 Å². The third-order valence-corrected chi connectivity index (χ3v) is 4.90. The van der Waals surface area contributed by atoms with Crippen molar-refractivity contribution in [3.8, 4) is 0 Å². The summed E-state index contributed by atoms with van der Waals surface area (Å²) in [5, 5.41) is 3.50. The number of hydrogen-bond acceptors (Lipinski definition) is 3. The van der Waals surface area contributed by atoms with Crippen molar-refractivity contribution in [2.75, 3.05) is 40.8 Å². The average Bonchev–Trinajstić information content (AvgIpc) is 2.81. The maximum absolute atomic E-state index is 3.50. The molecule has 21 heavy (non-hydrogen) atoms. The first-order valence-corrected chi connectivity index (χ1v) is 8.14. The van der Waals surface area contributed by atoms with E-state index in [2.05, 4.69) is 80.4 Å². The summed E-state index contributed by atoms with van der Waals surface area (Å²) in [6, 6.07) is 11.9. The molecule has 0 amide bonds. The van der Waals surface area contributed by atoms with E-state index >= 15 is 0 Å². The number of rotatable bonds is 6. The highest BCUT2D eigenvalue weighted by Crippen LogP contribution is 2.26. The number of nitrogens with one attached hydrogen (secondary N) is 1. The quantitative estimate of drug-likeness (QED) is 0.868. The van der Waals surface area contributed by atoms with E-state index < -0.39 is 0 Å². The van der Waals surface area contributed by atoms with Gasteiger partial charge in [0.1, 0.15) is 0 Å². The Hall–Kier alpha value is -0.900. The SMILES string of the molecule is CNC(c1ccccc1)C(C)CN1CC(C)C(N(C)C)C1. The van der Waals surface area contributed by atoms with Crippen LogP contribution in [0.2, 0.25) is 0 Å². The maximum atomic E-state index is 3.50. The van der Waals surface area contributed by atoms with E-state index in [4.69, 9.17) is 0 Å². The van der Waals surface area contributed by atoms with E-state index in [0.29, 0.717) is 18.0 Å². The molecular formula is C18H31N3. The van der Waals surface area contributed by atoms with Gasteiger partial charge in [0, 0.05) is 31.7 Å². The van der Waals surface area contributed by atoms with Gasteiger partial charge in [-0.1, -0.05) is 44.2 Å². The van der Waals surface area contributed by atoms with E-state index in [9.17, 15) is 0 Å². The van der Waals surface area contributed by atoms with Crippen molar-refractivity contribution in [3.63, 3.8) is 0 Å². The molecule has 4 atom stereocenters. The fourth-order valence-corrected chi connectivity index (χ4v) is 3.82. The van der Waals surface area contributed by atoms with E-state index in [1.165, 1.54) is 18.7 Å². The van der Waals surface area contributed by atoms with Crippen LogP contribution >= 0.6 is 0 Å². The zero-order valence-corrected chi connectivity index (χ0v) is 14.2. The molecule has 118 valence electrons. The minimum atomic E-state index is 0.430. The molecule has 1 aliphatic rings. The van der Waals surface area contributed by atoms with E-state index in [-0.39, 0.29) is 0 Å². The van der Waals surface area contributed by atoms with Gasteiger partial charge in [0.2, 0.25) is 0 Å². The first-order chi connectivity index (χ1) is 10.0. The summed E-state index contributed by atoms with van der Waals surface area (Å²) in [5.74, 6) is 1.36. The molecule has 4 unspecified atom stereocenters. The minimum Gasteiger partial charge on any atom is -0.313 e. The molecule has 1 aromatic carbocycles. The molecule has 0 spiro atoms. The highest BCUT2D eigenvalue weighted by atomic mass is 15.2. The van der Waals surface area contributed by atoms with Crippen molar-refractivity contribution in [2.45, 2.75) is 25.9 Å². The number of benzene rings is 1. The highest BCUT2D eigenvalue weighted by Gasteiger charge is 2.32. The lowest BCUT2D eigenvalue weighted by molar-refractivity contribution is 0.226. The normalized spacial score (nSPS) is 26.2. The van der Waals surface area contributed by atoms with Crippen LogP contribution < -0.4 is 5.32 Å². The smallest absolute Gasteiger partial charge is 0.0355 e. The van der Waals surface area contributed by atoms with Crippen LogP contribution in [0.3, 0.4) is 0 Å². The van der Waals surface area contributed by atoms with Crippen LogP contribution in [0.5, 0.6) is 0 Å². The third kappa shape index (κ3) is 4.06. The molecule has 1 N–H and O–H groups in total. The average molecular weight is 289 g/mol. The van der Waals surface area contributed by atoms with Gasteiger partial charge in [-0.2, -0.15) is 0 Å². The molecule has 0 saturated carbocycles. The Labute approximate surface area is 130 Å². The summed E-state index contributed by atoms with van der Waals surface area (Å²) in [4.78, 5) is 5.01. The van der Waals surface area contributed by atoms with Crippen LogP contribution in [0, 0.1) is 11.8 Å². The lowest BCUT2D eigenvalue weighted by atomic mass is 9.94. The van der Waals surface area contributed by atoms with Gasteiger partial charge in [-0.25, -0.2) is 0 Å². The fourth-order valence-electron chi connectivity index (χ4n) is 3.82. The predicted octanol–water partition coefficient (Wildman–Crippen LogP) is 2.47. The van der Waals surface area contributed by atoms with Crippen molar-refractivity contribution in [1.82, 2.24) is 15.1 Å². The second-order valence-corrected chi connectivity index (χ2v) is 6.88. The lowest BCUT2D eigenvalue weighted by Gasteiger charge is -2.28. The minimum absolute atomic E-state index is 0.430. The van der Waals surface area contributed by atoms with Crippen LogP contribution in [-0.2, 0) is 0 Å². The molecule has 0 aromatic heterocycles. The Morgan fingerprint density at radius 2 is 1.90 bits per heavy atom. The predicted molar refractivity (Wildman–Crippen MR) is 90.5 cm³/mol. The Kier molecular flexibility index (Phi) is 5.80. The number of likely N-dealkylation sites (N-methyl/N-ethyl adjacent to an activating group) is 1. The third-order valence-electron chi connectivity index (χ3n) is 4.90. The summed E-state index contributed by atoms with van der Waals surface area (Å²) in [7, 11) is 6.48. The molecule has 1 aliphatic heterocycles.